The molecule has 0 atom stereocenters. The molecule has 1 fully saturated rings. The van der Waals surface area contributed by atoms with Crippen molar-refractivity contribution in [3.8, 4) is 11.4 Å². The maximum absolute atomic E-state index is 12.5. The fourth-order valence-electron chi connectivity index (χ4n) is 4.03. The second kappa shape index (κ2) is 11.1. The van der Waals surface area contributed by atoms with Crippen LogP contribution >= 0.6 is 27.7 Å². The van der Waals surface area contributed by atoms with Gasteiger partial charge in [-0.2, -0.15) is 5.10 Å². The number of rotatable bonds is 7. The summed E-state index contributed by atoms with van der Waals surface area (Å²) in [5.41, 5.74) is 6.65. The molecule has 0 unspecified atom stereocenters. The Labute approximate surface area is 207 Å². The SMILES string of the molecule is CC(=NNC(=O)CSc1nnc(-c2ccc(C)cc2)n1C1CCCCC1)c1cccc(Br)c1. The average molecular weight is 527 g/mol. The van der Waals surface area contributed by atoms with Crippen LogP contribution < -0.4 is 5.43 Å². The lowest BCUT2D eigenvalue weighted by Crippen LogP contribution is -2.22. The highest BCUT2D eigenvalue weighted by atomic mass is 79.9. The van der Waals surface area contributed by atoms with Crippen LogP contribution in [-0.4, -0.2) is 32.1 Å². The third-order valence-electron chi connectivity index (χ3n) is 5.84. The van der Waals surface area contributed by atoms with Gasteiger partial charge in [0.1, 0.15) is 0 Å². The maximum Gasteiger partial charge on any atom is 0.250 e. The fraction of sp³-hybridized carbons (Fsp3) is 0.360. The summed E-state index contributed by atoms with van der Waals surface area (Å²) in [6.45, 7) is 3.96. The summed E-state index contributed by atoms with van der Waals surface area (Å²) in [5.74, 6) is 0.950. The Bertz CT molecular complexity index is 1140. The van der Waals surface area contributed by atoms with E-state index >= 15 is 0 Å². The fourth-order valence-corrected chi connectivity index (χ4v) is 5.23. The van der Waals surface area contributed by atoms with Crippen LogP contribution in [0.2, 0.25) is 0 Å². The number of nitrogens with one attached hydrogen (secondary N) is 1. The molecule has 172 valence electrons. The van der Waals surface area contributed by atoms with E-state index in [1.54, 1.807) is 0 Å². The van der Waals surface area contributed by atoms with E-state index in [1.165, 1.54) is 36.6 Å². The number of aromatic nitrogens is 3. The second-order valence-corrected chi connectivity index (χ2v) is 10.2. The van der Waals surface area contributed by atoms with Crippen molar-refractivity contribution in [1.29, 1.82) is 0 Å². The van der Waals surface area contributed by atoms with Crippen LogP contribution in [0.25, 0.3) is 11.4 Å². The number of hydrazone groups is 1. The number of aryl methyl sites for hydroxylation is 1. The van der Waals surface area contributed by atoms with Gasteiger partial charge in [-0.15, -0.1) is 10.2 Å². The van der Waals surface area contributed by atoms with Gasteiger partial charge < -0.3 is 0 Å². The van der Waals surface area contributed by atoms with Gasteiger partial charge in [-0.1, -0.05) is 88.9 Å². The predicted molar refractivity (Wildman–Crippen MR) is 138 cm³/mol. The van der Waals surface area contributed by atoms with E-state index in [0.717, 1.165) is 45.1 Å². The summed E-state index contributed by atoms with van der Waals surface area (Å²) in [7, 11) is 0. The number of thioether (sulfide) groups is 1. The minimum absolute atomic E-state index is 0.163. The minimum Gasteiger partial charge on any atom is -0.299 e. The summed E-state index contributed by atoms with van der Waals surface area (Å²) < 4.78 is 3.22. The number of nitrogens with zero attached hydrogens (tertiary/aromatic N) is 4. The molecule has 1 amide bonds. The van der Waals surface area contributed by atoms with Gasteiger partial charge in [0, 0.05) is 16.1 Å². The van der Waals surface area contributed by atoms with Gasteiger partial charge in [-0.3, -0.25) is 9.36 Å². The van der Waals surface area contributed by atoms with Gasteiger partial charge in [-0.05, 0) is 44.4 Å². The summed E-state index contributed by atoms with van der Waals surface area (Å²) in [6.07, 6.45) is 5.94. The number of benzene rings is 2. The molecule has 0 radical (unpaired) electrons. The standard InChI is InChI=1S/C25H28BrN5OS/c1-17-11-13-19(14-12-17)24-29-30-25(31(24)22-9-4-3-5-10-22)33-16-23(32)28-27-18(2)20-7-6-8-21(26)15-20/h6-8,11-15,22H,3-5,9-10,16H2,1-2H3,(H,28,32). The first-order valence-corrected chi connectivity index (χ1v) is 13.0. The molecule has 33 heavy (non-hydrogen) atoms. The van der Waals surface area contributed by atoms with E-state index in [0.29, 0.717) is 6.04 Å². The summed E-state index contributed by atoms with van der Waals surface area (Å²) >= 11 is 4.88. The van der Waals surface area contributed by atoms with E-state index in [9.17, 15) is 4.79 Å². The zero-order valence-corrected chi connectivity index (χ0v) is 21.3. The van der Waals surface area contributed by atoms with Crippen LogP contribution in [0, 0.1) is 6.92 Å². The van der Waals surface area contributed by atoms with Gasteiger partial charge in [0.25, 0.3) is 5.91 Å². The molecule has 0 aliphatic heterocycles. The first-order chi connectivity index (χ1) is 16.0. The zero-order chi connectivity index (χ0) is 23.2. The lowest BCUT2D eigenvalue weighted by molar-refractivity contribution is -0.118. The van der Waals surface area contributed by atoms with Crippen LogP contribution in [0.3, 0.4) is 0 Å². The van der Waals surface area contributed by atoms with E-state index in [-0.39, 0.29) is 11.7 Å². The highest BCUT2D eigenvalue weighted by Gasteiger charge is 2.24. The van der Waals surface area contributed by atoms with Crippen molar-refractivity contribution in [3.63, 3.8) is 0 Å². The quantitative estimate of drug-likeness (QED) is 0.228. The molecule has 1 aliphatic rings. The van der Waals surface area contributed by atoms with E-state index in [1.807, 2.05) is 31.2 Å². The normalized spacial score (nSPS) is 14.9. The van der Waals surface area contributed by atoms with Crippen molar-refractivity contribution in [2.75, 3.05) is 5.75 Å². The topological polar surface area (TPSA) is 72.2 Å². The van der Waals surface area contributed by atoms with Crippen molar-refractivity contribution in [2.45, 2.75) is 57.1 Å². The van der Waals surface area contributed by atoms with Gasteiger partial charge in [-0.25, -0.2) is 5.43 Å². The largest absolute Gasteiger partial charge is 0.299 e. The van der Waals surface area contributed by atoms with Crippen molar-refractivity contribution in [2.24, 2.45) is 5.10 Å². The van der Waals surface area contributed by atoms with E-state index in [4.69, 9.17) is 0 Å². The molecule has 1 heterocycles. The molecule has 1 saturated carbocycles. The Morgan fingerprint density at radius 3 is 2.64 bits per heavy atom. The van der Waals surface area contributed by atoms with E-state index < -0.39 is 0 Å². The molecule has 8 heteroatoms. The number of carbonyl (C=O) groups excluding carboxylic acids is 1. The molecule has 0 spiro atoms. The Hall–Kier alpha value is -2.45. The van der Waals surface area contributed by atoms with Crippen molar-refractivity contribution in [3.05, 3.63) is 64.1 Å². The van der Waals surface area contributed by atoms with Crippen molar-refractivity contribution in [1.82, 2.24) is 20.2 Å². The Morgan fingerprint density at radius 2 is 1.91 bits per heavy atom. The predicted octanol–water partition coefficient (Wildman–Crippen LogP) is 6.15. The molecule has 1 N–H and O–H groups in total. The summed E-state index contributed by atoms with van der Waals surface area (Å²) in [5, 5.41) is 14.0. The molecule has 4 rings (SSSR count). The Kier molecular flexibility index (Phi) is 7.98. The third-order valence-corrected chi connectivity index (χ3v) is 7.27. The molecular formula is C25H28BrN5OS. The third kappa shape index (κ3) is 6.12. The molecule has 2 aromatic carbocycles. The van der Waals surface area contributed by atoms with E-state index in [2.05, 4.69) is 72.4 Å². The van der Waals surface area contributed by atoms with Gasteiger partial charge in [0.15, 0.2) is 11.0 Å². The molecule has 1 aromatic heterocycles. The minimum atomic E-state index is -0.163. The molecular weight excluding hydrogens is 498 g/mol. The van der Waals surface area contributed by atoms with Crippen LogP contribution in [0.5, 0.6) is 0 Å². The van der Waals surface area contributed by atoms with Gasteiger partial charge in [0.2, 0.25) is 0 Å². The van der Waals surface area contributed by atoms with Crippen LogP contribution in [-0.2, 0) is 4.79 Å². The first kappa shape index (κ1) is 23.7. The second-order valence-electron chi connectivity index (χ2n) is 8.37. The summed E-state index contributed by atoms with van der Waals surface area (Å²) in [4.78, 5) is 12.5. The molecule has 6 nitrogen and oxygen atoms in total. The van der Waals surface area contributed by atoms with Crippen LogP contribution in [0.15, 0.2) is 63.3 Å². The lowest BCUT2D eigenvalue weighted by Gasteiger charge is -2.25. The molecule has 3 aromatic rings. The monoisotopic (exact) mass is 525 g/mol. The van der Waals surface area contributed by atoms with Crippen LogP contribution in [0.4, 0.5) is 0 Å². The van der Waals surface area contributed by atoms with Crippen molar-refractivity contribution < 1.29 is 4.79 Å². The number of hydrogen-bond acceptors (Lipinski definition) is 5. The smallest absolute Gasteiger partial charge is 0.250 e. The number of amides is 1. The number of carbonyl (C=O) groups is 1. The zero-order valence-electron chi connectivity index (χ0n) is 18.9. The number of halogens is 1. The van der Waals surface area contributed by atoms with Gasteiger partial charge >= 0.3 is 0 Å². The Morgan fingerprint density at radius 1 is 1.15 bits per heavy atom. The van der Waals surface area contributed by atoms with Gasteiger partial charge in [0.05, 0.1) is 11.5 Å². The first-order valence-electron chi connectivity index (χ1n) is 11.2. The highest BCUT2D eigenvalue weighted by molar-refractivity contribution is 9.10. The number of hydrogen-bond donors (Lipinski definition) is 1. The molecule has 0 bridgehead atoms. The lowest BCUT2D eigenvalue weighted by atomic mass is 9.95. The maximum atomic E-state index is 12.5. The summed E-state index contributed by atoms with van der Waals surface area (Å²) in [6, 6.07) is 16.6. The Balaban J connectivity index is 1.47. The molecule has 0 saturated heterocycles. The van der Waals surface area contributed by atoms with Crippen LogP contribution in [0.1, 0.15) is 56.2 Å². The average Bonchev–Trinajstić information content (AvgIpc) is 3.26. The highest BCUT2D eigenvalue weighted by Crippen LogP contribution is 2.35. The molecule has 1 aliphatic carbocycles. The van der Waals surface area contributed by atoms with Crippen molar-refractivity contribution >= 4 is 39.3 Å².